The van der Waals surface area contributed by atoms with Gasteiger partial charge in [0.05, 0.1) is 19.3 Å². The highest BCUT2D eigenvalue weighted by atomic mass is 16.7. The zero-order valence-electron chi connectivity index (χ0n) is 7.15. The molecular formula is C8H12O4. The van der Waals surface area contributed by atoms with Crippen molar-refractivity contribution in [2.45, 2.75) is 12.7 Å². The Hall–Kier alpha value is -1.03. The third-order valence-corrected chi connectivity index (χ3v) is 1.75. The standard InChI is InChI=1S/C8H12O4/c1-10-7-5-6(3-4-12-7)8(9)11-2/h3-4,6-7H,5H2,1-2H3. The number of esters is 1. The molecule has 0 saturated carbocycles. The van der Waals surface area contributed by atoms with E-state index in [1.807, 2.05) is 0 Å². The van der Waals surface area contributed by atoms with E-state index >= 15 is 0 Å². The maximum absolute atomic E-state index is 11.0. The van der Waals surface area contributed by atoms with Crippen molar-refractivity contribution in [1.82, 2.24) is 0 Å². The molecular weight excluding hydrogens is 160 g/mol. The van der Waals surface area contributed by atoms with Crippen LogP contribution in [0.1, 0.15) is 6.42 Å². The predicted octanol–water partition coefficient (Wildman–Crippen LogP) is 0.682. The summed E-state index contributed by atoms with van der Waals surface area (Å²) in [6.45, 7) is 0. The van der Waals surface area contributed by atoms with Gasteiger partial charge >= 0.3 is 5.97 Å². The average Bonchev–Trinajstić information content (AvgIpc) is 2.17. The third kappa shape index (κ3) is 1.98. The molecule has 2 atom stereocenters. The summed E-state index contributed by atoms with van der Waals surface area (Å²) in [7, 11) is 2.91. The number of methoxy groups -OCH3 is 2. The Balaban J connectivity index is 2.51. The molecule has 1 heterocycles. The van der Waals surface area contributed by atoms with E-state index in [2.05, 4.69) is 4.74 Å². The van der Waals surface area contributed by atoms with Crippen LogP contribution in [0.5, 0.6) is 0 Å². The molecule has 0 bridgehead atoms. The van der Waals surface area contributed by atoms with Gasteiger partial charge in [-0.3, -0.25) is 4.79 Å². The summed E-state index contributed by atoms with van der Waals surface area (Å²) < 4.78 is 14.6. The highest BCUT2D eigenvalue weighted by Crippen LogP contribution is 2.18. The number of carbonyl (C=O) groups excluding carboxylic acids is 1. The van der Waals surface area contributed by atoms with Gasteiger partial charge in [-0.1, -0.05) is 0 Å². The average molecular weight is 172 g/mol. The van der Waals surface area contributed by atoms with Crippen molar-refractivity contribution in [2.24, 2.45) is 5.92 Å². The van der Waals surface area contributed by atoms with Crippen LogP contribution in [0.25, 0.3) is 0 Å². The SMILES string of the molecule is COC(=O)C1C=COC(OC)C1. The van der Waals surface area contributed by atoms with Gasteiger partial charge in [-0.25, -0.2) is 0 Å². The molecule has 0 fully saturated rings. The number of carbonyl (C=O) groups is 1. The molecule has 1 aliphatic heterocycles. The zero-order chi connectivity index (χ0) is 8.97. The Kier molecular flexibility index (Phi) is 3.10. The fourth-order valence-corrected chi connectivity index (χ4v) is 1.05. The van der Waals surface area contributed by atoms with Crippen molar-refractivity contribution in [3.8, 4) is 0 Å². The Bertz CT molecular complexity index is 187. The molecule has 1 aliphatic rings. The normalized spacial score (nSPS) is 27.8. The van der Waals surface area contributed by atoms with Crippen molar-refractivity contribution in [3.05, 3.63) is 12.3 Å². The summed E-state index contributed by atoms with van der Waals surface area (Å²) in [6.07, 6.45) is 3.32. The molecule has 0 saturated heterocycles. The summed E-state index contributed by atoms with van der Waals surface area (Å²) >= 11 is 0. The molecule has 68 valence electrons. The van der Waals surface area contributed by atoms with Crippen LogP contribution in [0.15, 0.2) is 12.3 Å². The molecule has 0 aromatic rings. The van der Waals surface area contributed by atoms with Gasteiger partial charge in [-0.2, -0.15) is 0 Å². The quantitative estimate of drug-likeness (QED) is 0.574. The summed E-state index contributed by atoms with van der Waals surface area (Å²) in [5.74, 6) is -0.495. The van der Waals surface area contributed by atoms with Gasteiger partial charge in [0.1, 0.15) is 0 Å². The molecule has 0 amide bonds. The van der Waals surface area contributed by atoms with Crippen molar-refractivity contribution in [2.75, 3.05) is 14.2 Å². The lowest BCUT2D eigenvalue weighted by Crippen LogP contribution is -2.26. The van der Waals surface area contributed by atoms with Crippen molar-refractivity contribution in [3.63, 3.8) is 0 Å². The second kappa shape index (κ2) is 4.11. The van der Waals surface area contributed by atoms with E-state index < -0.39 is 0 Å². The highest BCUT2D eigenvalue weighted by Gasteiger charge is 2.24. The molecule has 0 N–H and O–H groups in total. The van der Waals surface area contributed by atoms with Crippen LogP contribution in [-0.2, 0) is 19.0 Å². The molecule has 2 unspecified atom stereocenters. The van der Waals surface area contributed by atoms with E-state index in [1.165, 1.54) is 20.5 Å². The number of rotatable bonds is 2. The van der Waals surface area contributed by atoms with Crippen LogP contribution in [0.3, 0.4) is 0 Å². The molecule has 0 radical (unpaired) electrons. The third-order valence-electron chi connectivity index (χ3n) is 1.75. The maximum atomic E-state index is 11.0. The second-order valence-corrected chi connectivity index (χ2v) is 2.50. The maximum Gasteiger partial charge on any atom is 0.312 e. The number of hydrogen-bond acceptors (Lipinski definition) is 4. The molecule has 0 spiro atoms. The number of hydrogen-bond donors (Lipinski definition) is 0. The van der Waals surface area contributed by atoms with Crippen LogP contribution in [0, 0.1) is 5.92 Å². The van der Waals surface area contributed by atoms with Crippen LogP contribution in [-0.4, -0.2) is 26.5 Å². The fourth-order valence-electron chi connectivity index (χ4n) is 1.05. The lowest BCUT2D eigenvalue weighted by atomic mass is 10.0. The van der Waals surface area contributed by atoms with Crippen LogP contribution < -0.4 is 0 Å². The van der Waals surface area contributed by atoms with E-state index in [1.54, 1.807) is 6.08 Å². The first kappa shape index (κ1) is 9.06. The highest BCUT2D eigenvalue weighted by molar-refractivity contribution is 5.74. The first-order valence-corrected chi connectivity index (χ1v) is 3.70. The van der Waals surface area contributed by atoms with E-state index in [-0.39, 0.29) is 18.2 Å². The van der Waals surface area contributed by atoms with E-state index in [0.717, 1.165) is 0 Å². The van der Waals surface area contributed by atoms with Gasteiger partial charge in [0, 0.05) is 13.5 Å². The fraction of sp³-hybridized carbons (Fsp3) is 0.625. The lowest BCUT2D eigenvalue weighted by molar-refractivity contribution is -0.151. The largest absolute Gasteiger partial charge is 0.473 e. The van der Waals surface area contributed by atoms with Gasteiger partial charge in [-0.05, 0) is 6.08 Å². The molecule has 12 heavy (non-hydrogen) atoms. The van der Waals surface area contributed by atoms with E-state index in [9.17, 15) is 4.79 Å². The molecule has 0 aromatic heterocycles. The Morgan fingerprint density at radius 1 is 1.58 bits per heavy atom. The molecule has 4 nitrogen and oxygen atoms in total. The van der Waals surface area contributed by atoms with Crippen molar-refractivity contribution in [1.29, 1.82) is 0 Å². The van der Waals surface area contributed by atoms with Gasteiger partial charge in [0.2, 0.25) is 0 Å². The van der Waals surface area contributed by atoms with Crippen molar-refractivity contribution < 1.29 is 19.0 Å². The van der Waals surface area contributed by atoms with Gasteiger partial charge in [0.15, 0.2) is 6.29 Å². The monoisotopic (exact) mass is 172 g/mol. The smallest absolute Gasteiger partial charge is 0.312 e. The zero-order valence-corrected chi connectivity index (χ0v) is 7.15. The second-order valence-electron chi connectivity index (χ2n) is 2.50. The number of ether oxygens (including phenoxy) is 3. The summed E-state index contributed by atoms with van der Waals surface area (Å²) in [5.41, 5.74) is 0. The van der Waals surface area contributed by atoms with E-state index in [4.69, 9.17) is 9.47 Å². The first-order valence-electron chi connectivity index (χ1n) is 3.70. The predicted molar refractivity (Wildman–Crippen MR) is 41.1 cm³/mol. The first-order chi connectivity index (χ1) is 5.77. The van der Waals surface area contributed by atoms with E-state index in [0.29, 0.717) is 6.42 Å². The molecule has 4 heteroatoms. The van der Waals surface area contributed by atoms with Crippen molar-refractivity contribution >= 4 is 5.97 Å². The summed E-state index contributed by atoms with van der Waals surface area (Å²) in [5, 5.41) is 0. The van der Waals surface area contributed by atoms with Gasteiger partial charge < -0.3 is 14.2 Å². The Morgan fingerprint density at radius 2 is 2.33 bits per heavy atom. The lowest BCUT2D eigenvalue weighted by Gasteiger charge is -2.22. The molecule has 1 rings (SSSR count). The minimum absolute atomic E-state index is 0.242. The van der Waals surface area contributed by atoms with Crippen LogP contribution >= 0.6 is 0 Å². The summed E-state index contributed by atoms with van der Waals surface area (Å²) in [6, 6.07) is 0. The van der Waals surface area contributed by atoms with Crippen LogP contribution in [0.2, 0.25) is 0 Å². The Morgan fingerprint density at radius 3 is 2.92 bits per heavy atom. The molecule has 0 aromatic carbocycles. The topological polar surface area (TPSA) is 44.8 Å². The summed E-state index contributed by atoms with van der Waals surface area (Å²) in [4.78, 5) is 11.0. The van der Waals surface area contributed by atoms with Gasteiger partial charge in [-0.15, -0.1) is 0 Å². The van der Waals surface area contributed by atoms with Crippen LogP contribution in [0.4, 0.5) is 0 Å². The molecule has 0 aliphatic carbocycles. The Labute approximate surface area is 71.1 Å². The minimum atomic E-state index is -0.334. The minimum Gasteiger partial charge on any atom is -0.473 e. The van der Waals surface area contributed by atoms with Gasteiger partial charge in [0.25, 0.3) is 0 Å².